The molecule has 0 saturated carbocycles. The molecule has 1 aliphatic rings. The second-order valence-corrected chi connectivity index (χ2v) is 4.29. The van der Waals surface area contributed by atoms with Crippen molar-refractivity contribution in [3.8, 4) is 5.75 Å². The van der Waals surface area contributed by atoms with Crippen LogP contribution in [-0.2, 0) is 4.74 Å². The van der Waals surface area contributed by atoms with Crippen molar-refractivity contribution in [1.29, 1.82) is 0 Å². The zero-order valence-electron chi connectivity index (χ0n) is 10.1. The standard InChI is InChI=1S/C13H17NO3/c1-9-3-4-12(10(2)14-15)13(7-9)17-11-5-6-16-8-11/h3-4,7,11,15H,5-6,8H2,1-2H3/b14-10+. The second-order valence-electron chi connectivity index (χ2n) is 4.29. The molecule has 0 spiro atoms. The summed E-state index contributed by atoms with van der Waals surface area (Å²) in [6.45, 7) is 5.14. The summed E-state index contributed by atoms with van der Waals surface area (Å²) in [6.07, 6.45) is 1.00. The van der Waals surface area contributed by atoms with Crippen LogP contribution in [0.1, 0.15) is 24.5 Å². The average Bonchev–Trinajstić information content (AvgIpc) is 2.81. The van der Waals surface area contributed by atoms with Gasteiger partial charge in [-0.15, -0.1) is 0 Å². The normalized spacial score (nSPS) is 20.6. The lowest BCUT2D eigenvalue weighted by Gasteiger charge is -2.15. The molecule has 1 saturated heterocycles. The van der Waals surface area contributed by atoms with Gasteiger partial charge in [-0.3, -0.25) is 0 Å². The highest BCUT2D eigenvalue weighted by Crippen LogP contribution is 2.24. The molecule has 0 aromatic heterocycles. The lowest BCUT2D eigenvalue weighted by atomic mass is 10.1. The van der Waals surface area contributed by atoms with Crippen molar-refractivity contribution in [2.24, 2.45) is 5.16 Å². The average molecular weight is 235 g/mol. The molecule has 1 unspecified atom stereocenters. The zero-order valence-corrected chi connectivity index (χ0v) is 10.1. The van der Waals surface area contributed by atoms with Crippen molar-refractivity contribution < 1.29 is 14.7 Å². The SMILES string of the molecule is C/C(=N\O)c1ccc(C)cc1OC1CCOC1. The molecule has 0 radical (unpaired) electrons. The van der Waals surface area contributed by atoms with Gasteiger partial charge in [0.2, 0.25) is 0 Å². The molecule has 4 nitrogen and oxygen atoms in total. The molecule has 0 aliphatic carbocycles. The fourth-order valence-electron chi connectivity index (χ4n) is 1.87. The molecule has 92 valence electrons. The number of hydrogen-bond donors (Lipinski definition) is 1. The van der Waals surface area contributed by atoms with Crippen molar-refractivity contribution in [1.82, 2.24) is 0 Å². The highest BCUT2D eigenvalue weighted by atomic mass is 16.5. The van der Waals surface area contributed by atoms with E-state index in [1.807, 2.05) is 25.1 Å². The van der Waals surface area contributed by atoms with Crippen LogP contribution in [0.4, 0.5) is 0 Å². The first-order valence-corrected chi connectivity index (χ1v) is 5.75. The summed E-state index contributed by atoms with van der Waals surface area (Å²) in [4.78, 5) is 0. The number of nitrogens with zero attached hydrogens (tertiary/aromatic N) is 1. The molecule has 1 N–H and O–H groups in total. The van der Waals surface area contributed by atoms with E-state index in [1.54, 1.807) is 6.92 Å². The highest BCUT2D eigenvalue weighted by Gasteiger charge is 2.19. The summed E-state index contributed by atoms with van der Waals surface area (Å²) in [5.41, 5.74) is 2.50. The Labute approximate surface area is 101 Å². The minimum Gasteiger partial charge on any atom is -0.487 e. The van der Waals surface area contributed by atoms with Gasteiger partial charge in [-0.05, 0) is 31.5 Å². The number of hydrogen-bond acceptors (Lipinski definition) is 4. The minimum atomic E-state index is 0.0991. The lowest BCUT2D eigenvalue weighted by Crippen LogP contribution is -2.17. The van der Waals surface area contributed by atoms with Gasteiger partial charge in [0.05, 0.1) is 18.9 Å². The maximum Gasteiger partial charge on any atom is 0.129 e. The lowest BCUT2D eigenvalue weighted by molar-refractivity contribution is 0.141. The Kier molecular flexibility index (Phi) is 3.64. The number of oxime groups is 1. The van der Waals surface area contributed by atoms with Gasteiger partial charge in [-0.1, -0.05) is 11.2 Å². The third kappa shape index (κ3) is 2.77. The summed E-state index contributed by atoms with van der Waals surface area (Å²) < 4.78 is 11.2. The van der Waals surface area contributed by atoms with Gasteiger partial charge in [0.25, 0.3) is 0 Å². The van der Waals surface area contributed by atoms with E-state index in [0.717, 1.165) is 29.9 Å². The third-order valence-electron chi connectivity index (χ3n) is 2.86. The van der Waals surface area contributed by atoms with Crippen LogP contribution in [0.5, 0.6) is 5.75 Å². The van der Waals surface area contributed by atoms with E-state index >= 15 is 0 Å². The van der Waals surface area contributed by atoms with E-state index in [1.165, 1.54) is 0 Å². The Morgan fingerprint density at radius 3 is 3.00 bits per heavy atom. The topological polar surface area (TPSA) is 51.1 Å². The predicted molar refractivity (Wildman–Crippen MR) is 65.0 cm³/mol. The molecule has 1 fully saturated rings. The van der Waals surface area contributed by atoms with Crippen LogP contribution in [0.15, 0.2) is 23.4 Å². The van der Waals surface area contributed by atoms with E-state index in [9.17, 15) is 0 Å². The van der Waals surface area contributed by atoms with Crippen LogP contribution in [0.3, 0.4) is 0 Å². The van der Waals surface area contributed by atoms with Crippen molar-refractivity contribution >= 4 is 5.71 Å². The summed E-state index contributed by atoms with van der Waals surface area (Å²) in [5.74, 6) is 0.760. The first-order chi connectivity index (χ1) is 8.20. The monoisotopic (exact) mass is 235 g/mol. The summed E-state index contributed by atoms with van der Waals surface area (Å²) in [5, 5.41) is 12.1. The van der Waals surface area contributed by atoms with Crippen LogP contribution in [0.25, 0.3) is 0 Å². The molecule has 0 amide bonds. The van der Waals surface area contributed by atoms with Crippen LogP contribution in [-0.4, -0.2) is 30.2 Å². The number of rotatable bonds is 3. The van der Waals surface area contributed by atoms with Gasteiger partial charge in [-0.25, -0.2) is 0 Å². The van der Waals surface area contributed by atoms with E-state index in [2.05, 4.69) is 5.16 Å². The summed E-state index contributed by atoms with van der Waals surface area (Å²) in [6, 6.07) is 5.85. The van der Waals surface area contributed by atoms with E-state index in [4.69, 9.17) is 14.7 Å². The Bertz CT molecular complexity index is 423. The Balaban J connectivity index is 2.26. The highest BCUT2D eigenvalue weighted by molar-refractivity contribution is 6.00. The van der Waals surface area contributed by atoms with Crippen LogP contribution in [0.2, 0.25) is 0 Å². The van der Waals surface area contributed by atoms with Crippen molar-refractivity contribution in [2.45, 2.75) is 26.4 Å². The van der Waals surface area contributed by atoms with Gasteiger partial charge in [-0.2, -0.15) is 0 Å². The van der Waals surface area contributed by atoms with Crippen LogP contribution in [0, 0.1) is 6.92 Å². The van der Waals surface area contributed by atoms with Gasteiger partial charge in [0.15, 0.2) is 0 Å². The van der Waals surface area contributed by atoms with Gasteiger partial charge < -0.3 is 14.7 Å². The van der Waals surface area contributed by atoms with Crippen LogP contribution < -0.4 is 4.74 Å². The van der Waals surface area contributed by atoms with E-state index in [0.29, 0.717) is 12.3 Å². The van der Waals surface area contributed by atoms with Gasteiger partial charge >= 0.3 is 0 Å². The van der Waals surface area contributed by atoms with Crippen molar-refractivity contribution in [3.05, 3.63) is 29.3 Å². The zero-order chi connectivity index (χ0) is 12.3. The maximum absolute atomic E-state index is 8.85. The molecule has 17 heavy (non-hydrogen) atoms. The van der Waals surface area contributed by atoms with Gasteiger partial charge in [0, 0.05) is 12.0 Å². The molecule has 1 aliphatic heterocycles. The first kappa shape index (κ1) is 11.9. The molecule has 1 aromatic carbocycles. The fraction of sp³-hybridized carbons (Fsp3) is 0.462. The Hall–Kier alpha value is -1.55. The number of benzene rings is 1. The van der Waals surface area contributed by atoms with E-state index in [-0.39, 0.29) is 6.10 Å². The third-order valence-corrected chi connectivity index (χ3v) is 2.86. The Morgan fingerprint density at radius 2 is 2.35 bits per heavy atom. The quantitative estimate of drug-likeness (QED) is 0.497. The predicted octanol–water partition coefficient (Wildman–Crippen LogP) is 2.36. The van der Waals surface area contributed by atoms with Crippen LogP contribution >= 0.6 is 0 Å². The number of ether oxygens (including phenoxy) is 2. The van der Waals surface area contributed by atoms with E-state index < -0.39 is 0 Å². The molecule has 1 aromatic rings. The van der Waals surface area contributed by atoms with Crippen molar-refractivity contribution in [3.63, 3.8) is 0 Å². The Morgan fingerprint density at radius 1 is 1.53 bits per heavy atom. The van der Waals surface area contributed by atoms with Crippen molar-refractivity contribution in [2.75, 3.05) is 13.2 Å². The molecular weight excluding hydrogens is 218 g/mol. The molecule has 1 atom stereocenters. The summed E-state index contributed by atoms with van der Waals surface area (Å²) in [7, 11) is 0. The molecule has 4 heteroatoms. The number of aryl methyl sites for hydroxylation is 1. The molecule has 0 bridgehead atoms. The maximum atomic E-state index is 8.85. The fourth-order valence-corrected chi connectivity index (χ4v) is 1.87. The van der Waals surface area contributed by atoms with Gasteiger partial charge in [0.1, 0.15) is 11.9 Å². The molecular formula is C13H17NO3. The second kappa shape index (κ2) is 5.19. The summed E-state index contributed by atoms with van der Waals surface area (Å²) >= 11 is 0. The largest absolute Gasteiger partial charge is 0.487 e. The first-order valence-electron chi connectivity index (χ1n) is 5.75. The minimum absolute atomic E-state index is 0.0991. The molecule has 1 heterocycles. The molecule has 2 rings (SSSR count). The smallest absolute Gasteiger partial charge is 0.129 e.